The Hall–Kier alpha value is -2.55. The summed E-state index contributed by atoms with van der Waals surface area (Å²) in [7, 11) is 1.40. The maximum absolute atomic E-state index is 11.4. The van der Waals surface area contributed by atoms with Crippen LogP contribution in [-0.4, -0.2) is 13.1 Å². The van der Waals surface area contributed by atoms with E-state index in [1.807, 2.05) is 58.0 Å². The Morgan fingerprint density at radius 3 is 2.42 bits per heavy atom. The predicted molar refractivity (Wildman–Crippen MR) is 101 cm³/mol. The molecular weight excluding hydrogens is 298 g/mol. The Balaban J connectivity index is 3.12. The van der Waals surface area contributed by atoms with E-state index in [1.54, 1.807) is 0 Å². The number of benzene rings is 1. The molecule has 0 fully saturated rings. The normalized spacial score (nSPS) is 11.5. The molecular formula is C21H27NO2. The van der Waals surface area contributed by atoms with Crippen LogP contribution in [0.1, 0.15) is 37.5 Å². The van der Waals surface area contributed by atoms with Crippen LogP contribution in [0.2, 0.25) is 0 Å². The minimum Gasteiger partial charge on any atom is -0.469 e. The third-order valence-corrected chi connectivity index (χ3v) is 3.80. The van der Waals surface area contributed by atoms with Crippen molar-refractivity contribution >= 4 is 11.5 Å². The van der Waals surface area contributed by atoms with Gasteiger partial charge >= 0.3 is 5.97 Å². The number of ether oxygens (including phenoxy) is 1. The molecule has 0 saturated heterocycles. The highest BCUT2D eigenvalue weighted by Crippen LogP contribution is 2.23. The van der Waals surface area contributed by atoms with Gasteiger partial charge in [0.15, 0.2) is 0 Å². The Kier molecular flexibility index (Phi) is 7.25. The highest BCUT2D eigenvalue weighted by Gasteiger charge is 2.07. The van der Waals surface area contributed by atoms with Crippen molar-refractivity contribution in [3.05, 3.63) is 76.5 Å². The van der Waals surface area contributed by atoms with Crippen molar-refractivity contribution in [1.29, 1.82) is 0 Å². The van der Waals surface area contributed by atoms with E-state index in [2.05, 4.69) is 12.7 Å². The van der Waals surface area contributed by atoms with Gasteiger partial charge < -0.3 is 10.5 Å². The molecule has 0 spiro atoms. The molecule has 3 heteroatoms. The highest BCUT2D eigenvalue weighted by molar-refractivity contribution is 5.78. The summed E-state index contributed by atoms with van der Waals surface area (Å²) in [6, 6.07) is 6.01. The van der Waals surface area contributed by atoms with Crippen molar-refractivity contribution in [2.24, 2.45) is 5.73 Å². The summed E-state index contributed by atoms with van der Waals surface area (Å²) >= 11 is 0. The molecule has 1 rings (SSSR count). The first-order valence-corrected chi connectivity index (χ1v) is 7.93. The molecule has 0 aromatic heterocycles. The van der Waals surface area contributed by atoms with Gasteiger partial charge in [0.05, 0.1) is 13.5 Å². The minimum absolute atomic E-state index is 0.233. The van der Waals surface area contributed by atoms with Gasteiger partial charge in [0.2, 0.25) is 0 Å². The lowest BCUT2D eigenvalue weighted by Gasteiger charge is -2.10. The fourth-order valence-electron chi connectivity index (χ4n) is 2.51. The van der Waals surface area contributed by atoms with Gasteiger partial charge in [-0.1, -0.05) is 48.6 Å². The lowest BCUT2D eigenvalue weighted by molar-refractivity contribution is -0.139. The second-order valence-corrected chi connectivity index (χ2v) is 5.92. The van der Waals surface area contributed by atoms with E-state index in [9.17, 15) is 4.79 Å². The van der Waals surface area contributed by atoms with Crippen LogP contribution in [0.25, 0.3) is 5.57 Å². The molecule has 3 nitrogen and oxygen atoms in total. The second kappa shape index (κ2) is 8.92. The maximum atomic E-state index is 11.4. The maximum Gasteiger partial charge on any atom is 0.309 e. The molecule has 2 N–H and O–H groups in total. The van der Waals surface area contributed by atoms with Crippen LogP contribution in [0.4, 0.5) is 0 Å². The quantitative estimate of drug-likeness (QED) is 0.620. The van der Waals surface area contributed by atoms with Crippen LogP contribution in [0.15, 0.2) is 59.8 Å². The molecule has 0 aliphatic carbocycles. The summed E-state index contributed by atoms with van der Waals surface area (Å²) in [4.78, 5) is 11.4. The molecule has 0 radical (unpaired) electrons. The molecule has 0 aliphatic rings. The second-order valence-electron chi connectivity index (χ2n) is 5.92. The lowest BCUT2D eigenvalue weighted by atomic mass is 9.96. The number of hydrogen-bond donors (Lipinski definition) is 1. The van der Waals surface area contributed by atoms with Crippen molar-refractivity contribution in [3.63, 3.8) is 0 Å². The zero-order valence-electron chi connectivity index (χ0n) is 15.3. The average Bonchev–Trinajstić information content (AvgIpc) is 2.51. The predicted octanol–water partition coefficient (Wildman–Crippen LogP) is 4.48. The number of allylic oxidation sites excluding steroid dienone is 5. The van der Waals surface area contributed by atoms with Gasteiger partial charge in [0.25, 0.3) is 0 Å². The molecule has 128 valence electrons. The first-order chi connectivity index (χ1) is 11.3. The number of rotatable bonds is 6. The van der Waals surface area contributed by atoms with E-state index >= 15 is 0 Å². The zero-order valence-corrected chi connectivity index (χ0v) is 15.3. The monoisotopic (exact) mass is 325 g/mol. The Morgan fingerprint density at radius 2 is 1.96 bits per heavy atom. The molecule has 0 heterocycles. The fourth-order valence-corrected chi connectivity index (χ4v) is 2.51. The van der Waals surface area contributed by atoms with Gasteiger partial charge in [0, 0.05) is 5.70 Å². The number of nitrogens with two attached hydrogens (primary N) is 1. The standard InChI is InChI=1S/C21H27NO2/c1-7-18(9-11-19(14(2)3)16(5)22)20-10-8-17(12-15(20)4)13-21(23)24-6/h7-12H,5,13,22H2,1-4,6H3/b11-9-,18-7+. The average molecular weight is 325 g/mol. The van der Waals surface area contributed by atoms with Gasteiger partial charge in [-0.25, -0.2) is 0 Å². The van der Waals surface area contributed by atoms with Crippen molar-refractivity contribution in [3.8, 4) is 0 Å². The molecule has 0 saturated carbocycles. The van der Waals surface area contributed by atoms with E-state index in [0.29, 0.717) is 5.70 Å². The van der Waals surface area contributed by atoms with E-state index < -0.39 is 0 Å². The Morgan fingerprint density at radius 1 is 1.29 bits per heavy atom. The van der Waals surface area contributed by atoms with Crippen LogP contribution in [-0.2, 0) is 16.0 Å². The van der Waals surface area contributed by atoms with Crippen LogP contribution < -0.4 is 5.73 Å². The summed E-state index contributed by atoms with van der Waals surface area (Å²) in [5, 5.41) is 0. The molecule has 0 bridgehead atoms. The number of carbonyl (C=O) groups is 1. The van der Waals surface area contributed by atoms with Gasteiger partial charge in [-0.05, 0) is 55.5 Å². The third kappa shape index (κ3) is 5.27. The van der Waals surface area contributed by atoms with E-state index in [-0.39, 0.29) is 12.4 Å². The summed E-state index contributed by atoms with van der Waals surface area (Å²) in [5.41, 5.74) is 12.8. The molecule has 1 aromatic carbocycles. The Labute approximate surface area is 145 Å². The Bertz CT molecular complexity index is 717. The number of methoxy groups -OCH3 is 1. The number of carbonyl (C=O) groups excluding carboxylic acids is 1. The largest absolute Gasteiger partial charge is 0.469 e. The van der Waals surface area contributed by atoms with Crippen LogP contribution in [0.3, 0.4) is 0 Å². The smallest absolute Gasteiger partial charge is 0.309 e. The molecule has 0 amide bonds. The SMILES string of the molecule is C=C(N)C(/C=C\C(=C/C)c1ccc(CC(=O)OC)cc1C)=C(C)C. The molecule has 24 heavy (non-hydrogen) atoms. The van der Waals surface area contributed by atoms with E-state index in [4.69, 9.17) is 10.5 Å². The van der Waals surface area contributed by atoms with Crippen LogP contribution in [0.5, 0.6) is 0 Å². The van der Waals surface area contributed by atoms with Gasteiger partial charge in [0.1, 0.15) is 0 Å². The number of esters is 1. The van der Waals surface area contributed by atoms with Crippen molar-refractivity contribution < 1.29 is 9.53 Å². The fraction of sp³-hybridized carbons (Fsp3) is 0.286. The molecule has 0 unspecified atom stereocenters. The van der Waals surface area contributed by atoms with E-state index in [0.717, 1.165) is 33.4 Å². The topological polar surface area (TPSA) is 52.3 Å². The van der Waals surface area contributed by atoms with Crippen LogP contribution in [0, 0.1) is 6.92 Å². The van der Waals surface area contributed by atoms with Crippen LogP contribution >= 0.6 is 0 Å². The number of hydrogen-bond acceptors (Lipinski definition) is 3. The molecule has 1 aromatic rings. The first-order valence-electron chi connectivity index (χ1n) is 7.93. The molecule has 0 aliphatic heterocycles. The highest BCUT2D eigenvalue weighted by atomic mass is 16.5. The minimum atomic E-state index is -0.233. The number of aryl methyl sites for hydroxylation is 1. The van der Waals surface area contributed by atoms with Crippen molar-refractivity contribution in [2.45, 2.75) is 34.1 Å². The summed E-state index contributed by atoms with van der Waals surface area (Å²) in [6.07, 6.45) is 6.38. The first kappa shape index (κ1) is 19.5. The third-order valence-electron chi connectivity index (χ3n) is 3.80. The van der Waals surface area contributed by atoms with Gasteiger partial charge in [-0.15, -0.1) is 0 Å². The van der Waals surface area contributed by atoms with Crippen molar-refractivity contribution in [1.82, 2.24) is 0 Å². The summed E-state index contributed by atoms with van der Waals surface area (Å²) < 4.78 is 4.72. The van der Waals surface area contributed by atoms with E-state index in [1.165, 1.54) is 7.11 Å². The zero-order chi connectivity index (χ0) is 18.3. The summed E-state index contributed by atoms with van der Waals surface area (Å²) in [5.74, 6) is -0.233. The molecule has 0 atom stereocenters. The lowest BCUT2D eigenvalue weighted by Crippen LogP contribution is -2.05. The van der Waals surface area contributed by atoms with Gasteiger partial charge in [-0.3, -0.25) is 4.79 Å². The van der Waals surface area contributed by atoms with Gasteiger partial charge in [-0.2, -0.15) is 0 Å². The summed E-state index contributed by atoms with van der Waals surface area (Å²) in [6.45, 7) is 11.9. The van der Waals surface area contributed by atoms with Crippen molar-refractivity contribution in [2.75, 3.05) is 7.11 Å².